The van der Waals surface area contributed by atoms with Gasteiger partial charge in [-0.05, 0) is 18.5 Å². The van der Waals surface area contributed by atoms with E-state index in [1.165, 1.54) is 47.0 Å². The third-order valence-corrected chi connectivity index (χ3v) is 5.93. The summed E-state index contributed by atoms with van der Waals surface area (Å²) in [6.07, 6.45) is 17.3. The molecule has 2 aliphatic carbocycles. The summed E-state index contributed by atoms with van der Waals surface area (Å²) >= 11 is 2.16. The van der Waals surface area contributed by atoms with Crippen LogP contribution >= 0.6 is 34.1 Å². The third-order valence-electron chi connectivity index (χ3n) is 4.36. The van der Waals surface area contributed by atoms with Gasteiger partial charge >= 0.3 is 95.6 Å². The normalized spacial score (nSPS) is 14.4. The standard InChI is InChI=1S/C13H10.C6H13P.C5H5.2ClH.Ti/c1-3-7-12(8-4-1)11-13-9-5-2-6-10-13;7-6-4-2-1-3-5-6;1-2-4-5-3-1;;;/h1-10H;6H,1-5,7H2;1-3H,4H2;2*1H;/q;;-1;;;+1. The second kappa shape index (κ2) is 17.4. The predicted octanol–water partition coefficient (Wildman–Crippen LogP) is 7.15. The monoisotopic (exact) mass is 467 g/mol. The van der Waals surface area contributed by atoms with Crippen molar-refractivity contribution in [2.75, 3.05) is 0 Å². The number of hydrogen-bond acceptors (Lipinski definition) is 0. The van der Waals surface area contributed by atoms with Crippen LogP contribution in [0.1, 0.15) is 49.7 Å². The number of rotatable bonds is 2. The molecule has 2 aromatic carbocycles. The fourth-order valence-electron chi connectivity index (χ4n) is 2.85. The molecule has 0 saturated heterocycles. The first kappa shape index (κ1) is 27.5. The van der Waals surface area contributed by atoms with Gasteiger partial charge < -0.3 is 0 Å². The molecule has 2 aliphatic rings. The molecule has 4 rings (SSSR count). The molecule has 1 atom stereocenters. The van der Waals surface area contributed by atoms with Crippen molar-refractivity contribution in [3.8, 4) is 0 Å². The summed E-state index contributed by atoms with van der Waals surface area (Å²) in [6, 6.07) is 20.9. The second-order valence-corrected chi connectivity index (χ2v) is 8.23. The molecule has 0 aliphatic heterocycles. The zero-order valence-electron chi connectivity index (χ0n) is 16.2. The first-order valence-electron chi connectivity index (χ1n) is 9.44. The van der Waals surface area contributed by atoms with Gasteiger partial charge in [-0.1, -0.05) is 19.3 Å². The minimum atomic E-state index is 0. The van der Waals surface area contributed by atoms with Crippen LogP contribution in [0.4, 0.5) is 0 Å². The molecule has 0 amide bonds. The molecule has 0 N–H and O–H groups in total. The molecular formula is C24H30Cl2PTi. The summed E-state index contributed by atoms with van der Waals surface area (Å²) in [4.78, 5) is 0. The van der Waals surface area contributed by atoms with E-state index in [1.807, 2.05) is 24.3 Å². The molecule has 4 heteroatoms. The van der Waals surface area contributed by atoms with Crippen LogP contribution < -0.4 is 0 Å². The van der Waals surface area contributed by atoms with Gasteiger partial charge in [-0.3, -0.25) is 6.08 Å². The Bertz CT molecular complexity index is 642. The van der Waals surface area contributed by atoms with Crippen LogP contribution in [-0.4, -0.2) is 9.47 Å². The van der Waals surface area contributed by atoms with Gasteiger partial charge in [-0.25, -0.2) is 12.2 Å². The molecule has 149 valence electrons. The molecule has 0 spiro atoms. The van der Waals surface area contributed by atoms with Crippen molar-refractivity contribution in [2.45, 2.75) is 44.2 Å². The van der Waals surface area contributed by atoms with Gasteiger partial charge in [0.2, 0.25) is 0 Å². The topological polar surface area (TPSA) is 0 Å². The Morgan fingerprint density at radius 2 is 1.32 bits per heavy atom. The first-order valence-corrected chi connectivity index (χ1v) is 10.9. The van der Waals surface area contributed by atoms with Gasteiger partial charge in [0, 0.05) is 0 Å². The summed E-state index contributed by atoms with van der Waals surface area (Å²) in [6.45, 7) is 0. The molecule has 1 saturated carbocycles. The predicted molar refractivity (Wildman–Crippen MR) is 129 cm³/mol. The van der Waals surface area contributed by atoms with Crippen molar-refractivity contribution in [3.63, 3.8) is 0 Å². The van der Waals surface area contributed by atoms with E-state index in [0.717, 1.165) is 12.1 Å². The van der Waals surface area contributed by atoms with E-state index < -0.39 is 0 Å². The average Bonchev–Trinajstić information content (AvgIpc) is 3.30. The number of benzene rings is 2. The van der Waals surface area contributed by atoms with Crippen molar-refractivity contribution in [2.24, 2.45) is 0 Å². The minimum absolute atomic E-state index is 0. The van der Waals surface area contributed by atoms with Crippen LogP contribution in [0.3, 0.4) is 0 Å². The summed E-state index contributed by atoms with van der Waals surface area (Å²) in [5, 5.41) is 0. The Kier molecular flexibility index (Phi) is 17.1. The fourth-order valence-corrected chi connectivity index (χ4v) is 3.84. The maximum atomic E-state index is 2.99. The number of halogens is 2. The average molecular weight is 468 g/mol. The quantitative estimate of drug-likeness (QED) is 0.250. The fraction of sp³-hybridized carbons (Fsp3) is 0.292. The van der Waals surface area contributed by atoms with Gasteiger partial charge in [0.05, 0.1) is 0 Å². The van der Waals surface area contributed by atoms with E-state index >= 15 is 0 Å². The Balaban J connectivity index is 0.000000438. The van der Waals surface area contributed by atoms with Gasteiger partial charge in [0.1, 0.15) is 0 Å². The maximum absolute atomic E-state index is 2.99. The van der Waals surface area contributed by atoms with Crippen LogP contribution in [0, 0.1) is 6.08 Å². The van der Waals surface area contributed by atoms with E-state index in [0.29, 0.717) is 0 Å². The molecular weight excluding hydrogens is 438 g/mol. The Hall–Kier alpha value is -0.486. The molecule has 2 aromatic rings. The van der Waals surface area contributed by atoms with Crippen LogP contribution in [0.5, 0.6) is 0 Å². The van der Waals surface area contributed by atoms with E-state index in [4.69, 9.17) is 0 Å². The molecule has 0 nitrogen and oxygen atoms in total. The van der Waals surface area contributed by atoms with Gasteiger partial charge in [-0.15, -0.1) is 40.5 Å². The van der Waals surface area contributed by atoms with E-state index in [1.54, 1.807) is 0 Å². The van der Waals surface area contributed by atoms with E-state index in [-0.39, 0.29) is 24.8 Å². The Labute approximate surface area is 197 Å². The van der Waals surface area contributed by atoms with E-state index in [2.05, 4.69) is 89.9 Å². The first-order chi connectivity index (χ1) is 12.8. The molecule has 1 unspecified atom stereocenters. The van der Waals surface area contributed by atoms with Crippen molar-refractivity contribution in [1.29, 1.82) is 0 Å². The molecule has 0 radical (unpaired) electrons. The Morgan fingerprint density at radius 1 is 0.821 bits per heavy atom. The van der Waals surface area contributed by atoms with Crippen molar-refractivity contribution in [1.82, 2.24) is 0 Å². The molecule has 0 heterocycles. The number of hydrogen-bond donors (Lipinski definition) is 0. The van der Waals surface area contributed by atoms with Gasteiger partial charge in [0.15, 0.2) is 0 Å². The zero-order valence-corrected chi connectivity index (χ0v) is 20.6. The molecule has 1 fully saturated rings. The summed E-state index contributed by atoms with van der Waals surface area (Å²) < 4.78 is 1.33. The van der Waals surface area contributed by atoms with Crippen LogP contribution in [0.2, 0.25) is 0 Å². The molecule has 0 aromatic heterocycles. The second-order valence-electron chi connectivity index (χ2n) is 6.51. The van der Waals surface area contributed by atoms with Crippen molar-refractivity contribution < 1.29 is 20.0 Å². The summed E-state index contributed by atoms with van der Waals surface area (Å²) in [5.74, 6) is 0. The van der Waals surface area contributed by atoms with Gasteiger partial charge in [0.25, 0.3) is 0 Å². The van der Waals surface area contributed by atoms with Crippen molar-refractivity contribution >= 4 is 37.9 Å². The van der Waals surface area contributed by atoms with E-state index in [9.17, 15) is 0 Å². The third kappa shape index (κ3) is 11.5. The summed E-state index contributed by atoms with van der Waals surface area (Å²) in [7, 11) is 2.91. The van der Waals surface area contributed by atoms with Crippen LogP contribution in [-0.2, 0) is 20.0 Å². The van der Waals surface area contributed by atoms with Crippen LogP contribution in [0.25, 0.3) is 0 Å². The van der Waals surface area contributed by atoms with Crippen molar-refractivity contribution in [3.05, 3.63) is 96.1 Å². The molecule has 0 bridgehead atoms. The Morgan fingerprint density at radius 3 is 1.61 bits per heavy atom. The zero-order chi connectivity index (χ0) is 18.5. The number of allylic oxidation sites excluding steroid dienone is 4. The molecule has 28 heavy (non-hydrogen) atoms. The SMILES string of the molecule is Cl.Cl.PC1CCCCC1.[C-]1=CC=CC1.[Ti+]=[C](c1ccccc1)c1ccccc1. The summed E-state index contributed by atoms with van der Waals surface area (Å²) in [5.41, 5.74) is 3.53. The van der Waals surface area contributed by atoms with Crippen LogP contribution in [0.15, 0.2) is 78.9 Å². The van der Waals surface area contributed by atoms with Gasteiger partial charge in [-0.2, -0.15) is 6.08 Å².